The quantitative estimate of drug-likeness (QED) is 0.403. The van der Waals surface area contributed by atoms with Gasteiger partial charge in [0.25, 0.3) is 0 Å². The van der Waals surface area contributed by atoms with Crippen molar-refractivity contribution in [2.24, 2.45) is 0 Å². The molecule has 4 heteroatoms. The molecule has 0 radical (unpaired) electrons. The number of hydrogen-bond acceptors (Lipinski definition) is 2. The highest BCUT2D eigenvalue weighted by Gasteiger charge is 2.23. The van der Waals surface area contributed by atoms with Gasteiger partial charge in [0.1, 0.15) is 0 Å². The van der Waals surface area contributed by atoms with Crippen molar-refractivity contribution in [2.45, 2.75) is 13.0 Å². The second-order valence-corrected chi connectivity index (χ2v) is 3.39. The molecule has 0 N–H and O–H groups in total. The summed E-state index contributed by atoms with van der Waals surface area (Å²) in [6.07, 6.45) is 0. The molecule has 0 bridgehead atoms. The maximum Gasteiger partial charge on any atom is 0.317 e. The second-order valence-electron chi connectivity index (χ2n) is 2.07. The molecule has 0 aliphatic carbocycles. The van der Waals surface area contributed by atoms with Crippen LogP contribution >= 0.6 is 23.4 Å². The van der Waals surface area contributed by atoms with Gasteiger partial charge in [-0.1, -0.05) is 0 Å². The predicted octanol–water partition coefficient (Wildman–Crippen LogP) is 1.74. The first-order valence-corrected chi connectivity index (χ1v) is 4.29. The average Bonchev–Trinajstić information content (AvgIpc) is 2.13. The van der Waals surface area contributed by atoms with Gasteiger partial charge < -0.3 is 4.90 Å². The van der Waals surface area contributed by atoms with Crippen LogP contribution in [0.25, 0.3) is 0 Å². The number of amides is 1. The summed E-state index contributed by atoms with van der Waals surface area (Å²) in [5.74, 6) is 1.77. The van der Waals surface area contributed by atoms with E-state index in [4.69, 9.17) is 11.6 Å². The lowest BCUT2D eigenvalue weighted by Gasteiger charge is -2.15. The number of nitrogens with zero attached hydrogens (tertiary/aromatic N) is 1. The molecule has 1 amide bonds. The predicted molar refractivity (Wildman–Crippen MR) is 39.9 cm³/mol. The minimum atomic E-state index is -0.326. The van der Waals surface area contributed by atoms with Crippen LogP contribution in [-0.2, 0) is 0 Å². The highest BCUT2D eigenvalue weighted by molar-refractivity contribution is 7.99. The molecule has 1 atom stereocenters. The Morgan fingerprint density at radius 2 is 2.56 bits per heavy atom. The first kappa shape index (κ1) is 7.22. The van der Waals surface area contributed by atoms with Crippen LogP contribution in [0.2, 0.25) is 0 Å². The van der Waals surface area contributed by atoms with E-state index in [0.29, 0.717) is 6.04 Å². The van der Waals surface area contributed by atoms with Gasteiger partial charge in [-0.05, 0) is 18.5 Å². The second kappa shape index (κ2) is 2.80. The Bertz CT molecular complexity index is 130. The molecular formula is C5H8ClNOS. The fourth-order valence-corrected chi connectivity index (χ4v) is 2.25. The molecular weight excluding hydrogens is 158 g/mol. The molecule has 1 aliphatic rings. The molecule has 1 aliphatic heterocycles. The third-order valence-corrected chi connectivity index (χ3v) is 2.74. The van der Waals surface area contributed by atoms with Crippen molar-refractivity contribution in [2.75, 3.05) is 11.6 Å². The molecule has 0 aromatic rings. The zero-order valence-electron chi connectivity index (χ0n) is 5.13. The molecule has 1 saturated heterocycles. The highest BCUT2D eigenvalue weighted by atomic mass is 35.5. The van der Waals surface area contributed by atoms with E-state index in [1.165, 1.54) is 0 Å². The van der Waals surface area contributed by atoms with Crippen LogP contribution in [0.15, 0.2) is 0 Å². The van der Waals surface area contributed by atoms with Gasteiger partial charge in [0.2, 0.25) is 0 Å². The maximum absolute atomic E-state index is 10.5. The summed E-state index contributed by atoms with van der Waals surface area (Å²) in [4.78, 5) is 12.2. The lowest BCUT2D eigenvalue weighted by Crippen LogP contribution is -2.30. The van der Waals surface area contributed by atoms with Gasteiger partial charge >= 0.3 is 5.37 Å². The van der Waals surface area contributed by atoms with Crippen LogP contribution in [0.4, 0.5) is 4.79 Å². The summed E-state index contributed by atoms with van der Waals surface area (Å²) >= 11 is 6.99. The first-order chi connectivity index (χ1) is 4.22. The molecule has 1 rings (SSSR count). The van der Waals surface area contributed by atoms with Crippen molar-refractivity contribution in [3.05, 3.63) is 0 Å². The Morgan fingerprint density at radius 1 is 1.89 bits per heavy atom. The van der Waals surface area contributed by atoms with E-state index in [1.54, 1.807) is 16.7 Å². The normalized spacial score (nSPS) is 26.9. The van der Waals surface area contributed by atoms with Gasteiger partial charge in [-0.2, -0.15) is 0 Å². The van der Waals surface area contributed by atoms with E-state index in [9.17, 15) is 4.79 Å². The third-order valence-electron chi connectivity index (χ3n) is 1.35. The number of thioether (sulfide) groups is 1. The van der Waals surface area contributed by atoms with Crippen molar-refractivity contribution >= 4 is 28.7 Å². The zero-order chi connectivity index (χ0) is 6.85. The molecule has 2 nitrogen and oxygen atoms in total. The monoisotopic (exact) mass is 165 g/mol. The van der Waals surface area contributed by atoms with Gasteiger partial charge in [0.05, 0.1) is 5.88 Å². The Balaban J connectivity index is 2.49. The van der Waals surface area contributed by atoms with E-state index < -0.39 is 0 Å². The molecule has 52 valence electrons. The largest absolute Gasteiger partial charge is 0.317 e. The average molecular weight is 166 g/mol. The number of hydrogen-bond donors (Lipinski definition) is 0. The van der Waals surface area contributed by atoms with Crippen LogP contribution in [0, 0.1) is 0 Å². The van der Waals surface area contributed by atoms with Crippen LogP contribution in [0.1, 0.15) is 6.92 Å². The SMILES string of the molecule is C[C@@H]1CSCN1C(=O)Cl. The van der Waals surface area contributed by atoms with Crippen molar-refractivity contribution in [1.82, 2.24) is 4.90 Å². The standard InChI is InChI=1S/C5H8ClNOS/c1-4-2-9-3-7(4)5(6)8/h4H,2-3H2,1H3/t4-/m1/s1. The Morgan fingerprint density at radius 3 is 2.78 bits per heavy atom. The Kier molecular flexibility index (Phi) is 2.24. The third kappa shape index (κ3) is 1.52. The van der Waals surface area contributed by atoms with Crippen LogP contribution in [0.5, 0.6) is 0 Å². The van der Waals surface area contributed by atoms with Gasteiger partial charge in [0, 0.05) is 11.8 Å². The minimum Gasteiger partial charge on any atom is -0.316 e. The molecule has 0 unspecified atom stereocenters. The molecule has 9 heavy (non-hydrogen) atoms. The molecule has 0 aromatic carbocycles. The molecule has 1 heterocycles. The fraction of sp³-hybridized carbons (Fsp3) is 0.800. The Hall–Kier alpha value is 0.110. The van der Waals surface area contributed by atoms with E-state index in [0.717, 1.165) is 11.6 Å². The molecule has 0 aromatic heterocycles. The Labute approximate surface area is 63.5 Å². The number of carbonyl (C=O) groups is 1. The van der Waals surface area contributed by atoms with E-state index in [2.05, 4.69) is 0 Å². The van der Waals surface area contributed by atoms with Crippen molar-refractivity contribution in [1.29, 1.82) is 0 Å². The summed E-state index contributed by atoms with van der Waals surface area (Å²) in [6.45, 7) is 2.00. The van der Waals surface area contributed by atoms with Gasteiger partial charge in [-0.25, -0.2) is 0 Å². The van der Waals surface area contributed by atoms with Crippen molar-refractivity contribution < 1.29 is 4.79 Å². The topological polar surface area (TPSA) is 20.3 Å². The van der Waals surface area contributed by atoms with Gasteiger partial charge in [-0.3, -0.25) is 4.79 Å². The van der Waals surface area contributed by atoms with Crippen LogP contribution in [-0.4, -0.2) is 27.9 Å². The van der Waals surface area contributed by atoms with Crippen molar-refractivity contribution in [3.63, 3.8) is 0 Å². The summed E-state index contributed by atoms with van der Waals surface area (Å²) in [6, 6.07) is 0.319. The van der Waals surface area contributed by atoms with E-state index in [-0.39, 0.29) is 5.37 Å². The highest BCUT2D eigenvalue weighted by Crippen LogP contribution is 2.21. The minimum absolute atomic E-state index is 0.319. The lowest BCUT2D eigenvalue weighted by atomic mass is 10.4. The summed E-state index contributed by atoms with van der Waals surface area (Å²) < 4.78 is 0. The van der Waals surface area contributed by atoms with E-state index in [1.807, 2.05) is 6.92 Å². The smallest absolute Gasteiger partial charge is 0.316 e. The maximum atomic E-state index is 10.5. The van der Waals surface area contributed by atoms with Gasteiger partial charge in [-0.15, -0.1) is 11.8 Å². The fourth-order valence-electron chi connectivity index (χ4n) is 0.763. The summed E-state index contributed by atoms with van der Waals surface area (Å²) in [5.41, 5.74) is 0. The van der Waals surface area contributed by atoms with Crippen LogP contribution in [0.3, 0.4) is 0 Å². The first-order valence-electron chi connectivity index (χ1n) is 2.75. The zero-order valence-corrected chi connectivity index (χ0v) is 6.71. The summed E-state index contributed by atoms with van der Waals surface area (Å²) in [7, 11) is 0. The van der Waals surface area contributed by atoms with E-state index >= 15 is 0 Å². The lowest BCUT2D eigenvalue weighted by molar-refractivity contribution is 0.223. The van der Waals surface area contributed by atoms with Crippen molar-refractivity contribution in [3.8, 4) is 0 Å². The molecule has 0 saturated carbocycles. The van der Waals surface area contributed by atoms with Crippen LogP contribution < -0.4 is 0 Å². The molecule has 0 spiro atoms. The number of halogens is 1. The summed E-state index contributed by atoms with van der Waals surface area (Å²) in [5, 5.41) is -0.326. The van der Waals surface area contributed by atoms with Gasteiger partial charge in [0.15, 0.2) is 0 Å². The number of carbonyl (C=O) groups excluding carboxylic acids is 1. The molecule has 1 fully saturated rings. The number of rotatable bonds is 0.